The van der Waals surface area contributed by atoms with E-state index in [1.165, 1.54) is 0 Å². The lowest BCUT2D eigenvalue weighted by molar-refractivity contribution is -0.128. The minimum absolute atomic E-state index is 0.119. The molecule has 1 saturated carbocycles. The van der Waals surface area contributed by atoms with Crippen LogP contribution in [0.4, 0.5) is 4.79 Å². The van der Waals surface area contributed by atoms with Crippen LogP contribution in [0.1, 0.15) is 50.6 Å². The molecule has 1 atom stereocenters. The van der Waals surface area contributed by atoms with E-state index in [-0.39, 0.29) is 18.0 Å². The molecule has 6 heteroatoms. The van der Waals surface area contributed by atoms with Crippen molar-refractivity contribution in [3.63, 3.8) is 0 Å². The van der Waals surface area contributed by atoms with Crippen molar-refractivity contribution < 1.29 is 9.59 Å². The Balaban J connectivity index is 2.01. The smallest absolute Gasteiger partial charge is 0.316 e. The summed E-state index contributed by atoms with van der Waals surface area (Å²) in [5.41, 5.74) is 0.166. The van der Waals surface area contributed by atoms with Crippen molar-refractivity contribution in [2.24, 2.45) is 0 Å². The van der Waals surface area contributed by atoms with E-state index >= 15 is 0 Å². The third-order valence-electron chi connectivity index (χ3n) is 4.44. The summed E-state index contributed by atoms with van der Waals surface area (Å²) in [5.74, 6) is -0.119. The van der Waals surface area contributed by atoms with Gasteiger partial charge >= 0.3 is 6.03 Å². The fourth-order valence-corrected chi connectivity index (χ4v) is 3.21. The van der Waals surface area contributed by atoms with Gasteiger partial charge in [0, 0.05) is 12.1 Å². The summed E-state index contributed by atoms with van der Waals surface area (Å²) in [4.78, 5) is 24.6. The van der Waals surface area contributed by atoms with Crippen LogP contribution in [-0.2, 0) is 4.79 Å². The number of hydrogen-bond donors (Lipinski definition) is 3. The fraction of sp³-hybridized carbons (Fsp3) is 0.529. The maximum Gasteiger partial charge on any atom is 0.316 e. The van der Waals surface area contributed by atoms with Gasteiger partial charge in [-0.2, -0.15) is 0 Å². The SMILES string of the molecule is CNC(=O)C1(NC(=O)NC(C)c2ccc(Cl)cc2)CCCCC1. The van der Waals surface area contributed by atoms with Gasteiger partial charge in [0.2, 0.25) is 5.91 Å². The minimum atomic E-state index is -0.795. The highest BCUT2D eigenvalue weighted by Crippen LogP contribution is 2.28. The molecule has 0 spiro atoms. The van der Waals surface area contributed by atoms with E-state index < -0.39 is 5.54 Å². The number of hydrogen-bond acceptors (Lipinski definition) is 2. The molecule has 3 amide bonds. The second-order valence-electron chi connectivity index (χ2n) is 6.09. The molecule has 0 heterocycles. The molecule has 0 aliphatic heterocycles. The molecule has 0 bridgehead atoms. The lowest BCUT2D eigenvalue weighted by Gasteiger charge is -2.36. The van der Waals surface area contributed by atoms with Gasteiger partial charge in [-0.1, -0.05) is 43.0 Å². The first-order chi connectivity index (χ1) is 11.0. The summed E-state index contributed by atoms with van der Waals surface area (Å²) in [6, 6.07) is 6.85. The summed E-state index contributed by atoms with van der Waals surface area (Å²) in [5, 5.41) is 9.14. The van der Waals surface area contributed by atoms with Crippen LogP contribution in [0.5, 0.6) is 0 Å². The predicted octanol–water partition coefficient (Wildman–Crippen LogP) is 3.15. The topological polar surface area (TPSA) is 70.2 Å². The summed E-state index contributed by atoms with van der Waals surface area (Å²) in [7, 11) is 1.61. The highest BCUT2D eigenvalue weighted by atomic mass is 35.5. The Bertz CT molecular complexity index is 553. The number of nitrogens with one attached hydrogen (secondary N) is 3. The molecule has 1 fully saturated rings. The third-order valence-corrected chi connectivity index (χ3v) is 4.69. The highest BCUT2D eigenvalue weighted by molar-refractivity contribution is 6.30. The van der Waals surface area contributed by atoms with E-state index in [4.69, 9.17) is 11.6 Å². The number of carbonyl (C=O) groups is 2. The molecule has 23 heavy (non-hydrogen) atoms. The molecule has 1 unspecified atom stereocenters. The van der Waals surface area contributed by atoms with Gasteiger partial charge in [0.25, 0.3) is 0 Å². The van der Waals surface area contributed by atoms with Crippen LogP contribution in [0, 0.1) is 0 Å². The van der Waals surface area contributed by atoms with E-state index in [1.807, 2.05) is 19.1 Å². The molecule has 0 aromatic heterocycles. The Labute approximate surface area is 142 Å². The monoisotopic (exact) mass is 337 g/mol. The predicted molar refractivity (Wildman–Crippen MR) is 91.4 cm³/mol. The average Bonchev–Trinajstić information content (AvgIpc) is 2.55. The maximum atomic E-state index is 12.4. The molecule has 1 aliphatic carbocycles. The molecule has 5 nitrogen and oxygen atoms in total. The van der Waals surface area contributed by atoms with Crippen LogP contribution in [-0.4, -0.2) is 24.5 Å². The zero-order chi connectivity index (χ0) is 16.9. The Morgan fingerprint density at radius 1 is 1.13 bits per heavy atom. The van der Waals surface area contributed by atoms with E-state index in [1.54, 1.807) is 19.2 Å². The van der Waals surface area contributed by atoms with Crippen LogP contribution in [0.25, 0.3) is 0 Å². The van der Waals surface area contributed by atoms with Gasteiger partial charge in [-0.3, -0.25) is 4.79 Å². The van der Waals surface area contributed by atoms with Gasteiger partial charge in [-0.15, -0.1) is 0 Å². The number of benzene rings is 1. The number of likely N-dealkylation sites (N-methyl/N-ethyl adjacent to an activating group) is 1. The van der Waals surface area contributed by atoms with Crippen LogP contribution >= 0.6 is 11.6 Å². The summed E-state index contributed by atoms with van der Waals surface area (Å²) < 4.78 is 0. The van der Waals surface area contributed by atoms with Crippen molar-refractivity contribution in [2.75, 3.05) is 7.05 Å². The van der Waals surface area contributed by atoms with E-state index in [2.05, 4.69) is 16.0 Å². The van der Waals surface area contributed by atoms with Crippen molar-refractivity contribution in [2.45, 2.75) is 50.6 Å². The Morgan fingerprint density at radius 2 is 1.74 bits per heavy atom. The van der Waals surface area contributed by atoms with E-state index in [9.17, 15) is 9.59 Å². The second-order valence-corrected chi connectivity index (χ2v) is 6.53. The van der Waals surface area contributed by atoms with Crippen molar-refractivity contribution in [3.05, 3.63) is 34.9 Å². The number of halogens is 1. The van der Waals surface area contributed by atoms with Gasteiger partial charge in [0.15, 0.2) is 0 Å². The quantitative estimate of drug-likeness (QED) is 0.789. The lowest BCUT2D eigenvalue weighted by atomic mass is 9.81. The first-order valence-corrected chi connectivity index (χ1v) is 8.41. The molecule has 0 saturated heterocycles. The zero-order valence-electron chi connectivity index (χ0n) is 13.6. The Morgan fingerprint density at radius 3 is 2.30 bits per heavy atom. The van der Waals surface area contributed by atoms with Crippen LogP contribution < -0.4 is 16.0 Å². The minimum Gasteiger partial charge on any atom is -0.357 e. The first kappa shape index (κ1) is 17.6. The number of carbonyl (C=O) groups excluding carboxylic acids is 2. The lowest BCUT2D eigenvalue weighted by Crippen LogP contribution is -2.61. The van der Waals surface area contributed by atoms with Crippen LogP contribution in [0.2, 0.25) is 5.02 Å². The molecule has 1 aromatic rings. The standard InChI is InChI=1S/C17H24ClN3O2/c1-12(13-6-8-14(18)9-7-13)20-16(23)21-17(15(22)19-2)10-4-3-5-11-17/h6-9,12H,3-5,10-11H2,1-2H3,(H,19,22)(H2,20,21,23). The van der Waals surface area contributed by atoms with Crippen LogP contribution in [0.3, 0.4) is 0 Å². The van der Waals surface area contributed by atoms with Crippen molar-refractivity contribution >= 4 is 23.5 Å². The van der Waals surface area contributed by atoms with Crippen LogP contribution in [0.15, 0.2) is 24.3 Å². The molecule has 1 aromatic carbocycles. The Hall–Kier alpha value is -1.75. The van der Waals surface area contributed by atoms with Crippen molar-refractivity contribution in [3.8, 4) is 0 Å². The van der Waals surface area contributed by atoms with Crippen molar-refractivity contribution in [1.29, 1.82) is 0 Å². The van der Waals surface area contributed by atoms with E-state index in [0.29, 0.717) is 17.9 Å². The number of amides is 3. The molecule has 0 radical (unpaired) electrons. The number of rotatable bonds is 4. The highest BCUT2D eigenvalue weighted by Gasteiger charge is 2.40. The zero-order valence-corrected chi connectivity index (χ0v) is 14.4. The summed E-state index contributed by atoms with van der Waals surface area (Å²) in [6.45, 7) is 1.90. The normalized spacial score (nSPS) is 17.9. The molecular formula is C17H24ClN3O2. The van der Waals surface area contributed by atoms with E-state index in [0.717, 1.165) is 24.8 Å². The average molecular weight is 338 g/mol. The summed E-state index contributed by atoms with van der Waals surface area (Å²) in [6.07, 6.45) is 4.34. The third kappa shape index (κ3) is 4.38. The fourth-order valence-electron chi connectivity index (χ4n) is 3.09. The largest absolute Gasteiger partial charge is 0.357 e. The molecular weight excluding hydrogens is 314 g/mol. The van der Waals surface area contributed by atoms with Gasteiger partial charge < -0.3 is 16.0 Å². The Kier molecular flexibility index (Phi) is 5.88. The number of urea groups is 1. The summed E-state index contributed by atoms with van der Waals surface area (Å²) >= 11 is 5.88. The molecule has 1 aliphatic rings. The van der Waals surface area contributed by atoms with Gasteiger partial charge in [-0.05, 0) is 37.5 Å². The molecule has 2 rings (SSSR count). The second kappa shape index (κ2) is 7.68. The molecule has 3 N–H and O–H groups in total. The first-order valence-electron chi connectivity index (χ1n) is 8.03. The molecule has 126 valence electrons. The van der Waals surface area contributed by atoms with Crippen molar-refractivity contribution in [1.82, 2.24) is 16.0 Å². The maximum absolute atomic E-state index is 12.4. The van der Waals surface area contributed by atoms with Gasteiger partial charge in [-0.25, -0.2) is 4.79 Å². The van der Waals surface area contributed by atoms with Gasteiger partial charge in [0.1, 0.15) is 5.54 Å². The van der Waals surface area contributed by atoms with Gasteiger partial charge in [0.05, 0.1) is 6.04 Å².